The minimum atomic E-state index is -0.447. The number of hydrogen-bond acceptors (Lipinski definition) is 5. The lowest BCUT2D eigenvalue weighted by Gasteiger charge is -2.07. The number of ether oxygens (including phenoxy) is 2. The highest BCUT2D eigenvalue weighted by Crippen LogP contribution is 2.22. The lowest BCUT2D eigenvalue weighted by atomic mass is 10.1. The van der Waals surface area contributed by atoms with Gasteiger partial charge in [0.05, 0.1) is 31.6 Å². The maximum atomic E-state index is 12.1. The first-order valence-corrected chi connectivity index (χ1v) is 7.28. The molecule has 0 saturated heterocycles. The molecule has 0 heterocycles. The summed E-state index contributed by atoms with van der Waals surface area (Å²) in [5, 5.41) is 4.30. The Hall–Kier alpha value is -2.86. The summed E-state index contributed by atoms with van der Waals surface area (Å²) in [5.74, 6) is -0.467. The van der Waals surface area contributed by atoms with E-state index in [4.69, 9.17) is 16.3 Å². The van der Waals surface area contributed by atoms with Crippen LogP contribution in [-0.2, 0) is 4.74 Å². The molecule has 7 heteroatoms. The van der Waals surface area contributed by atoms with Gasteiger partial charge in [0, 0.05) is 5.02 Å². The number of hydrazone groups is 1. The van der Waals surface area contributed by atoms with Gasteiger partial charge in [-0.25, -0.2) is 10.2 Å². The fourth-order valence-corrected chi connectivity index (χ4v) is 2.08. The summed E-state index contributed by atoms with van der Waals surface area (Å²) in [5.41, 5.74) is 3.82. The van der Waals surface area contributed by atoms with E-state index in [-0.39, 0.29) is 5.56 Å². The number of esters is 1. The molecule has 0 spiro atoms. The minimum Gasteiger partial charge on any atom is -0.496 e. The quantitative estimate of drug-likeness (QED) is 0.513. The predicted octanol–water partition coefficient (Wildman–Crippen LogP) is 2.90. The van der Waals surface area contributed by atoms with Crippen molar-refractivity contribution in [2.75, 3.05) is 14.2 Å². The highest BCUT2D eigenvalue weighted by Gasteiger charge is 2.12. The van der Waals surface area contributed by atoms with Gasteiger partial charge in [0.15, 0.2) is 0 Å². The maximum absolute atomic E-state index is 12.1. The van der Waals surface area contributed by atoms with Crippen LogP contribution in [0.15, 0.2) is 47.6 Å². The molecular weight excluding hydrogens is 332 g/mol. The van der Waals surface area contributed by atoms with Crippen molar-refractivity contribution in [3.8, 4) is 5.75 Å². The van der Waals surface area contributed by atoms with Crippen LogP contribution in [0.5, 0.6) is 5.75 Å². The van der Waals surface area contributed by atoms with Gasteiger partial charge in [-0.3, -0.25) is 4.79 Å². The minimum absolute atomic E-state index is 0.281. The number of halogens is 1. The van der Waals surface area contributed by atoms with Gasteiger partial charge >= 0.3 is 5.97 Å². The molecule has 124 valence electrons. The van der Waals surface area contributed by atoms with Crippen molar-refractivity contribution < 1.29 is 19.1 Å². The molecule has 0 bridgehead atoms. The third kappa shape index (κ3) is 4.33. The second-order valence-electron chi connectivity index (χ2n) is 4.66. The van der Waals surface area contributed by atoms with E-state index in [1.54, 1.807) is 36.4 Å². The van der Waals surface area contributed by atoms with Gasteiger partial charge in [-0.05, 0) is 35.9 Å². The molecule has 1 amide bonds. The SMILES string of the molecule is COC(=O)c1ccc(/C=N/NC(=O)c2cc(Cl)ccc2OC)cc1. The molecule has 0 aromatic heterocycles. The number of carbonyl (C=O) groups is 2. The molecule has 2 aromatic rings. The third-order valence-corrected chi connectivity index (χ3v) is 3.35. The van der Waals surface area contributed by atoms with Gasteiger partial charge in [-0.2, -0.15) is 5.10 Å². The van der Waals surface area contributed by atoms with Crippen molar-refractivity contribution in [2.24, 2.45) is 5.10 Å². The highest BCUT2D eigenvalue weighted by molar-refractivity contribution is 6.31. The van der Waals surface area contributed by atoms with E-state index < -0.39 is 11.9 Å². The topological polar surface area (TPSA) is 77.0 Å². The second-order valence-corrected chi connectivity index (χ2v) is 5.09. The van der Waals surface area contributed by atoms with Crippen molar-refractivity contribution in [3.63, 3.8) is 0 Å². The molecule has 0 radical (unpaired) electrons. The Labute approximate surface area is 144 Å². The van der Waals surface area contributed by atoms with E-state index in [1.807, 2.05) is 0 Å². The van der Waals surface area contributed by atoms with Crippen LogP contribution in [0.3, 0.4) is 0 Å². The Morgan fingerprint density at radius 2 is 1.83 bits per heavy atom. The molecule has 2 aromatic carbocycles. The molecule has 6 nitrogen and oxygen atoms in total. The van der Waals surface area contributed by atoms with Crippen LogP contribution < -0.4 is 10.2 Å². The zero-order chi connectivity index (χ0) is 17.5. The van der Waals surface area contributed by atoms with Crippen LogP contribution in [0.25, 0.3) is 0 Å². The Morgan fingerprint density at radius 1 is 1.12 bits per heavy atom. The number of rotatable bonds is 5. The van der Waals surface area contributed by atoms with Crippen LogP contribution in [0.1, 0.15) is 26.3 Å². The zero-order valence-corrected chi connectivity index (χ0v) is 13.8. The normalized spacial score (nSPS) is 10.5. The largest absolute Gasteiger partial charge is 0.496 e. The van der Waals surface area contributed by atoms with E-state index in [0.29, 0.717) is 21.9 Å². The molecular formula is C17H15ClN2O4. The van der Waals surface area contributed by atoms with Gasteiger partial charge in [-0.1, -0.05) is 23.7 Å². The summed E-state index contributed by atoms with van der Waals surface area (Å²) in [6.07, 6.45) is 1.45. The molecule has 2 rings (SSSR count). The van der Waals surface area contributed by atoms with E-state index in [0.717, 1.165) is 0 Å². The molecule has 0 unspecified atom stereocenters. The third-order valence-electron chi connectivity index (χ3n) is 3.12. The van der Waals surface area contributed by atoms with E-state index in [2.05, 4.69) is 15.3 Å². The molecule has 0 fully saturated rings. The molecule has 1 N–H and O–H groups in total. The van der Waals surface area contributed by atoms with Gasteiger partial charge in [0.2, 0.25) is 0 Å². The molecule has 0 atom stereocenters. The number of amides is 1. The van der Waals surface area contributed by atoms with Crippen LogP contribution in [0.2, 0.25) is 5.02 Å². The molecule has 0 aliphatic heterocycles. The van der Waals surface area contributed by atoms with Crippen molar-refractivity contribution in [2.45, 2.75) is 0 Å². The van der Waals surface area contributed by atoms with Gasteiger partial charge in [0.25, 0.3) is 5.91 Å². The van der Waals surface area contributed by atoms with Gasteiger partial charge in [-0.15, -0.1) is 0 Å². The molecule has 24 heavy (non-hydrogen) atoms. The average Bonchev–Trinajstić information content (AvgIpc) is 2.61. The van der Waals surface area contributed by atoms with Crippen LogP contribution in [0.4, 0.5) is 0 Å². The maximum Gasteiger partial charge on any atom is 0.337 e. The van der Waals surface area contributed by atoms with Crippen molar-refractivity contribution in [1.29, 1.82) is 0 Å². The molecule has 0 saturated carbocycles. The first-order chi connectivity index (χ1) is 11.5. The number of benzene rings is 2. The lowest BCUT2D eigenvalue weighted by Crippen LogP contribution is -2.18. The zero-order valence-electron chi connectivity index (χ0n) is 13.1. The number of nitrogens with one attached hydrogen (secondary N) is 1. The summed E-state index contributed by atoms with van der Waals surface area (Å²) < 4.78 is 9.73. The Kier molecular flexibility index (Phi) is 5.92. The summed E-state index contributed by atoms with van der Waals surface area (Å²) in [6, 6.07) is 11.3. The molecule has 0 aliphatic carbocycles. The smallest absolute Gasteiger partial charge is 0.337 e. The number of hydrogen-bond donors (Lipinski definition) is 1. The predicted molar refractivity (Wildman–Crippen MR) is 90.8 cm³/mol. The summed E-state index contributed by atoms with van der Waals surface area (Å²) in [4.78, 5) is 23.5. The Bertz CT molecular complexity index is 773. The average molecular weight is 347 g/mol. The number of nitrogens with zero attached hydrogens (tertiary/aromatic N) is 1. The summed E-state index contributed by atoms with van der Waals surface area (Å²) in [7, 11) is 2.78. The van der Waals surface area contributed by atoms with Gasteiger partial charge in [0.1, 0.15) is 5.75 Å². The summed E-state index contributed by atoms with van der Waals surface area (Å²) >= 11 is 5.89. The van der Waals surface area contributed by atoms with E-state index >= 15 is 0 Å². The molecule has 0 aliphatic rings. The van der Waals surface area contributed by atoms with Crippen molar-refractivity contribution in [1.82, 2.24) is 5.43 Å². The van der Waals surface area contributed by atoms with Crippen LogP contribution in [0, 0.1) is 0 Å². The van der Waals surface area contributed by atoms with Crippen molar-refractivity contribution in [3.05, 3.63) is 64.2 Å². The lowest BCUT2D eigenvalue weighted by molar-refractivity contribution is 0.0600. The second kappa shape index (κ2) is 8.12. The van der Waals surface area contributed by atoms with Crippen LogP contribution >= 0.6 is 11.6 Å². The van der Waals surface area contributed by atoms with E-state index in [9.17, 15) is 9.59 Å². The Balaban J connectivity index is 2.05. The Morgan fingerprint density at radius 3 is 2.46 bits per heavy atom. The fourth-order valence-electron chi connectivity index (χ4n) is 1.91. The van der Waals surface area contributed by atoms with Crippen molar-refractivity contribution >= 4 is 29.7 Å². The van der Waals surface area contributed by atoms with Crippen LogP contribution in [-0.4, -0.2) is 32.3 Å². The first-order valence-electron chi connectivity index (χ1n) is 6.90. The summed E-state index contributed by atoms with van der Waals surface area (Å²) in [6.45, 7) is 0. The highest BCUT2D eigenvalue weighted by atomic mass is 35.5. The van der Waals surface area contributed by atoms with Gasteiger partial charge < -0.3 is 9.47 Å². The standard InChI is InChI=1S/C17H15ClN2O4/c1-23-15-8-7-13(18)9-14(15)16(21)20-19-10-11-3-5-12(6-4-11)17(22)24-2/h3-10H,1-2H3,(H,20,21)/b19-10+. The van der Waals surface area contributed by atoms with E-state index in [1.165, 1.54) is 26.5 Å². The fraction of sp³-hybridized carbons (Fsp3) is 0.118. The first kappa shape index (κ1) is 17.5. The number of methoxy groups -OCH3 is 2. The number of carbonyl (C=O) groups excluding carboxylic acids is 2. The monoisotopic (exact) mass is 346 g/mol.